The van der Waals surface area contributed by atoms with E-state index in [-0.39, 0.29) is 6.10 Å². The Morgan fingerprint density at radius 1 is 1.21 bits per heavy atom. The van der Waals surface area contributed by atoms with Crippen molar-refractivity contribution in [3.05, 3.63) is 0 Å². The molecule has 0 radical (unpaired) electrons. The van der Waals surface area contributed by atoms with E-state index in [1.807, 2.05) is 0 Å². The molecule has 78 valence electrons. The smallest absolute Gasteiger partial charge is 0.156 e. The topological polar surface area (TPSA) is 45.5 Å². The molecule has 0 bridgehead atoms. The van der Waals surface area contributed by atoms with Crippen LogP contribution in [0.5, 0.6) is 0 Å². The van der Waals surface area contributed by atoms with E-state index >= 15 is 0 Å². The average Bonchev–Trinajstić information content (AvgIpc) is 2.30. The number of rotatable bonds is 1. The van der Waals surface area contributed by atoms with Crippen LogP contribution >= 0.6 is 0 Å². The third-order valence-corrected chi connectivity index (χ3v) is 2.95. The van der Waals surface area contributed by atoms with Crippen LogP contribution in [0.3, 0.4) is 0 Å². The zero-order chi connectivity index (χ0) is 9.80. The normalized spacial score (nSPS) is 31.2. The lowest BCUT2D eigenvalue weighted by atomic mass is 10.1. The summed E-state index contributed by atoms with van der Waals surface area (Å²) in [6, 6.07) is 2.78. The Hall–Kier alpha value is -0.630. The summed E-state index contributed by atoms with van der Waals surface area (Å²) in [6.45, 7) is 4.14. The standard InChI is InChI=1S/C10H16N2O2/c11-7-10-8-12(3-6-14-10)9-1-4-13-5-2-9/h9-10H,1-6,8H2. The van der Waals surface area contributed by atoms with Crippen molar-refractivity contribution < 1.29 is 9.47 Å². The highest BCUT2D eigenvalue weighted by molar-refractivity contribution is 4.91. The Morgan fingerprint density at radius 2 is 2.00 bits per heavy atom. The summed E-state index contributed by atoms with van der Waals surface area (Å²) in [4.78, 5) is 2.37. The summed E-state index contributed by atoms with van der Waals surface area (Å²) >= 11 is 0. The van der Waals surface area contributed by atoms with Crippen LogP contribution in [0.15, 0.2) is 0 Å². The van der Waals surface area contributed by atoms with Crippen molar-refractivity contribution in [3.8, 4) is 6.07 Å². The fourth-order valence-corrected chi connectivity index (χ4v) is 2.13. The van der Waals surface area contributed by atoms with Gasteiger partial charge in [-0.1, -0.05) is 0 Å². The van der Waals surface area contributed by atoms with Gasteiger partial charge in [-0.25, -0.2) is 0 Å². The van der Waals surface area contributed by atoms with Gasteiger partial charge in [-0.05, 0) is 12.8 Å². The lowest BCUT2D eigenvalue weighted by Gasteiger charge is -2.38. The molecule has 0 aliphatic carbocycles. The molecule has 2 saturated heterocycles. The van der Waals surface area contributed by atoms with Gasteiger partial charge < -0.3 is 9.47 Å². The van der Waals surface area contributed by atoms with E-state index in [0.717, 1.165) is 39.1 Å². The maximum atomic E-state index is 8.78. The molecule has 1 atom stereocenters. The van der Waals surface area contributed by atoms with Gasteiger partial charge in [0, 0.05) is 32.3 Å². The maximum absolute atomic E-state index is 8.78. The number of morpholine rings is 1. The molecule has 4 heteroatoms. The molecule has 2 aliphatic rings. The van der Waals surface area contributed by atoms with Crippen LogP contribution in [0.25, 0.3) is 0 Å². The number of hydrogen-bond acceptors (Lipinski definition) is 4. The quantitative estimate of drug-likeness (QED) is 0.608. The van der Waals surface area contributed by atoms with Crippen LogP contribution in [0.1, 0.15) is 12.8 Å². The summed E-state index contributed by atoms with van der Waals surface area (Å²) in [5.74, 6) is 0. The summed E-state index contributed by atoms with van der Waals surface area (Å²) < 4.78 is 10.6. The minimum atomic E-state index is -0.230. The van der Waals surface area contributed by atoms with Crippen molar-refractivity contribution in [2.24, 2.45) is 0 Å². The van der Waals surface area contributed by atoms with E-state index in [1.165, 1.54) is 0 Å². The zero-order valence-corrected chi connectivity index (χ0v) is 8.32. The summed E-state index contributed by atoms with van der Waals surface area (Å²) in [6.07, 6.45) is 1.96. The molecule has 0 saturated carbocycles. The summed E-state index contributed by atoms with van der Waals surface area (Å²) in [5, 5.41) is 8.78. The molecule has 0 aromatic carbocycles. The monoisotopic (exact) mass is 196 g/mol. The van der Waals surface area contributed by atoms with Crippen molar-refractivity contribution in [2.75, 3.05) is 32.9 Å². The Labute approximate surface area is 84.4 Å². The number of nitrogens with zero attached hydrogens (tertiary/aromatic N) is 2. The first-order chi connectivity index (χ1) is 6.90. The van der Waals surface area contributed by atoms with Crippen LogP contribution in [0.2, 0.25) is 0 Å². The molecule has 2 aliphatic heterocycles. The molecular weight excluding hydrogens is 180 g/mol. The van der Waals surface area contributed by atoms with Gasteiger partial charge in [-0.2, -0.15) is 5.26 Å². The predicted molar refractivity (Wildman–Crippen MR) is 50.8 cm³/mol. The number of ether oxygens (including phenoxy) is 2. The highest BCUT2D eigenvalue weighted by atomic mass is 16.5. The third-order valence-electron chi connectivity index (χ3n) is 2.95. The Morgan fingerprint density at radius 3 is 2.71 bits per heavy atom. The predicted octanol–water partition coefficient (Wildman–Crippen LogP) is 0.390. The fourth-order valence-electron chi connectivity index (χ4n) is 2.13. The van der Waals surface area contributed by atoms with Gasteiger partial charge in [0.15, 0.2) is 6.10 Å². The highest BCUT2D eigenvalue weighted by Gasteiger charge is 2.27. The lowest BCUT2D eigenvalue weighted by molar-refractivity contribution is -0.0420. The van der Waals surface area contributed by atoms with Crippen molar-refractivity contribution in [3.63, 3.8) is 0 Å². The van der Waals surface area contributed by atoms with Crippen LogP contribution in [0, 0.1) is 11.3 Å². The van der Waals surface area contributed by atoms with Crippen LogP contribution in [-0.2, 0) is 9.47 Å². The van der Waals surface area contributed by atoms with Crippen LogP contribution in [0.4, 0.5) is 0 Å². The van der Waals surface area contributed by atoms with E-state index in [4.69, 9.17) is 14.7 Å². The van der Waals surface area contributed by atoms with Gasteiger partial charge in [-0.15, -0.1) is 0 Å². The summed E-state index contributed by atoms with van der Waals surface area (Å²) in [7, 11) is 0. The molecule has 1 unspecified atom stereocenters. The van der Waals surface area contributed by atoms with E-state index in [2.05, 4.69) is 11.0 Å². The van der Waals surface area contributed by atoms with Crippen LogP contribution in [-0.4, -0.2) is 50.0 Å². The van der Waals surface area contributed by atoms with Crippen molar-refractivity contribution in [1.29, 1.82) is 5.26 Å². The molecule has 4 nitrogen and oxygen atoms in total. The van der Waals surface area contributed by atoms with Crippen molar-refractivity contribution in [2.45, 2.75) is 25.0 Å². The van der Waals surface area contributed by atoms with Crippen molar-refractivity contribution >= 4 is 0 Å². The van der Waals surface area contributed by atoms with Crippen molar-refractivity contribution in [1.82, 2.24) is 4.90 Å². The molecule has 0 spiro atoms. The Balaban J connectivity index is 1.87. The first-order valence-corrected chi connectivity index (χ1v) is 5.23. The molecule has 0 amide bonds. The molecule has 0 N–H and O–H groups in total. The first kappa shape index (κ1) is 9.91. The van der Waals surface area contributed by atoms with Gasteiger partial charge in [-0.3, -0.25) is 4.90 Å². The van der Waals surface area contributed by atoms with E-state index in [0.29, 0.717) is 12.6 Å². The zero-order valence-electron chi connectivity index (χ0n) is 8.32. The highest BCUT2D eigenvalue weighted by Crippen LogP contribution is 2.17. The summed E-state index contributed by atoms with van der Waals surface area (Å²) in [5.41, 5.74) is 0. The third kappa shape index (κ3) is 2.24. The second-order valence-electron chi connectivity index (χ2n) is 3.83. The second kappa shape index (κ2) is 4.74. The molecule has 2 heterocycles. The van der Waals surface area contributed by atoms with Gasteiger partial charge >= 0.3 is 0 Å². The van der Waals surface area contributed by atoms with Crippen LogP contribution < -0.4 is 0 Å². The lowest BCUT2D eigenvalue weighted by Crippen LogP contribution is -2.49. The molecule has 14 heavy (non-hydrogen) atoms. The minimum absolute atomic E-state index is 0.230. The van der Waals surface area contributed by atoms with E-state index in [1.54, 1.807) is 0 Å². The average molecular weight is 196 g/mol. The molecule has 0 aromatic rings. The number of hydrogen-bond donors (Lipinski definition) is 0. The second-order valence-corrected chi connectivity index (χ2v) is 3.83. The Kier molecular flexibility index (Phi) is 3.35. The molecule has 2 fully saturated rings. The van der Waals surface area contributed by atoms with E-state index < -0.39 is 0 Å². The molecule has 2 rings (SSSR count). The molecular formula is C10H16N2O2. The Bertz CT molecular complexity index is 221. The first-order valence-electron chi connectivity index (χ1n) is 5.23. The number of nitriles is 1. The minimum Gasteiger partial charge on any atom is -0.381 e. The van der Waals surface area contributed by atoms with Gasteiger partial charge in [0.25, 0.3) is 0 Å². The maximum Gasteiger partial charge on any atom is 0.156 e. The largest absolute Gasteiger partial charge is 0.381 e. The van der Waals surface area contributed by atoms with E-state index in [9.17, 15) is 0 Å². The molecule has 0 aromatic heterocycles. The SMILES string of the molecule is N#CC1CN(C2CCOCC2)CCO1. The van der Waals surface area contributed by atoms with Gasteiger partial charge in [0.1, 0.15) is 0 Å². The van der Waals surface area contributed by atoms with Gasteiger partial charge in [0.2, 0.25) is 0 Å². The fraction of sp³-hybridized carbons (Fsp3) is 0.900. The van der Waals surface area contributed by atoms with Gasteiger partial charge in [0.05, 0.1) is 12.7 Å².